The lowest BCUT2D eigenvalue weighted by Crippen LogP contribution is -2.51. The molecule has 0 atom stereocenters. The second-order valence-electron chi connectivity index (χ2n) is 4.45. The molecule has 0 aromatic heterocycles. The van der Waals surface area contributed by atoms with Crippen LogP contribution < -0.4 is 5.73 Å². The van der Waals surface area contributed by atoms with Gasteiger partial charge in [-0.1, -0.05) is 0 Å². The Morgan fingerprint density at radius 1 is 1.42 bits per heavy atom. The van der Waals surface area contributed by atoms with Gasteiger partial charge in [0, 0.05) is 0 Å². The fraction of sp³-hybridized carbons (Fsp3) is 0.889. The van der Waals surface area contributed by atoms with Crippen LogP contribution in [-0.4, -0.2) is 17.6 Å². The molecule has 0 aromatic carbocycles. The molecule has 0 bridgehead atoms. The maximum atomic E-state index is 10.5. The van der Waals surface area contributed by atoms with Crippen molar-refractivity contribution in [3.63, 3.8) is 0 Å². The number of carboxylic acid groups (broad SMARTS) is 1. The van der Waals surface area contributed by atoms with E-state index in [0.717, 1.165) is 19.4 Å². The van der Waals surface area contributed by atoms with E-state index in [0.29, 0.717) is 11.3 Å². The summed E-state index contributed by atoms with van der Waals surface area (Å²) in [5.41, 5.74) is 5.92. The van der Waals surface area contributed by atoms with E-state index in [1.54, 1.807) is 0 Å². The van der Waals surface area contributed by atoms with Gasteiger partial charge in [0.1, 0.15) is 0 Å². The molecule has 3 N–H and O–H groups in total. The zero-order valence-corrected chi connectivity index (χ0v) is 7.12. The van der Waals surface area contributed by atoms with E-state index < -0.39 is 5.97 Å². The standard InChI is InChI=1S/C9H15NO2/c10-5-6-1-9(2-6)3-7(4-9)8(11)12/h6-7H,1-5,10H2,(H,11,12). The van der Waals surface area contributed by atoms with Crippen molar-refractivity contribution in [2.24, 2.45) is 23.0 Å². The number of hydrogen-bond donors (Lipinski definition) is 2. The summed E-state index contributed by atoms with van der Waals surface area (Å²) >= 11 is 0. The van der Waals surface area contributed by atoms with Crippen LogP contribution in [0.2, 0.25) is 0 Å². The van der Waals surface area contributed by atoms with Crippen molar-refractivity contribution in [3.05, 3.63) is 0 Å². The number of carbonyl (C=O) groups is 1. The van der Waals surface area contributed by atoms with Crippen molar-refractivity contribution in [1.29, 1.82) is 0 Å². The van der Waals surface area contributed by atoms with E-state index in [2.05, 4.69) is 0 Å². The molecule has 2 aliphatic carbocycles. The van der Waals surface area contributed by atoms with Gasteiger partial charge < -0.3 is 10.8 Å². The fourth-order valence-corrected chi connectivity index (χ4v) is 2.83. The Kier molecular flexibility index (Phi) is 1.65. The minimum absolute atomic E-state index is 0.0521. The highest BCUT2D eigenvalue weighted by Gasteiger charge is 2.54. The van der Waals surface area contributed by atoms with Gasteiger partial charge in [0.15, 0.2) is 0 Å². The van der Waals surface area contributed by atoms with Crippen LogP contribution in [0.5, 0.6) is 0 Å². The lowest BCUT2D eigenvalue weighted by molar-refractivity contribution is -0.157. The van der Waals surface area contributed by atoms with Crippen molar-refractivity contribution in [1.82, 2.24) is 0 Å². The molecule has 0 unspecified atom stereocenters. The third-order valence-electron chi connectivity index (χ3n) is 3.48. The molecule has 0 saturated heterocycles. The zero-order chi connectivity index (χ0) is 8.77. The molecule has 12 heavy (non-hydrogen) atoms. The van der Waals surface area contributed by atoms with Gasteiger partial charge in [-0.15, -0.1) is 0 Å². The number of hydrogen-bond acceptors (Lipinski definition) is 2. The summed E-state index contributed by atoms with van der Waals surface area (Å²) in [5.74, 6) is 0.0142. The summed E-state index contributed by atoms with van der Waals surface area (Å²) in [6, 6.07) is 0. The SMILES string of the molecule is NCC1CC2(C1)CC(C(=O)O)C2. The second kappa shape index (κ2) is 2.46. The summed E-state index contributed by atoms with van der Waals surface area (Å²) in [6.45, 7) is 0.777. The molecular weight excluding hydrogens is 154 g/mol. The smallest absolute Gasteiger partial charge is 0.306 e. The first-order valence-corrected chi connectivity index (χ1v) is 4.58. The first-order chi connectivity index (χ1) is 5.65. The molecule has 0 aliphatic heterocycles. The first-order valence-electron chi connectivity index (χ1n) is 4.58. The third kappa shape index (κ3) is 1.04. The molecule has 1 spiro atoms. The maximum Gasteiger partial charge on any atom is 0.306 e. The molecule has 0 radical (unpaired) electrons. The number of carboxylic acids is 1. The summed E-state index contributed by atoms with van der Waals surface area (Å²) in [4.78, 5) is 10.5. The number of aliphatic carboxylic acids is 1. The molecule has 2 saturated carbocycles. The van der Waals surface area contributed by atoms with Gasteiger partial charge in [-0.25, -0.2) is 0 Å². The Balaban J connectivity index is 1.79. The molecule has 2 fully saturated rings. The van der Waals surface area contributed by atoms with Crippen molar-refractivity contribution in [2.75, 3.05) is 6.54 Å². The van der Waals surface area contributed by atoms with Gasteiger partial charge in [-0.05, 0) is 43.6 Å². The van der Waals surface area contributed by atoms with Gasteiger partial charge in [0.05, 0.1) is 5.92 Å². The minimum atomic E-state index is -0.614. The van der Waals surface area contributed by atoms with Gasteiger partial charge in [0.25, 0.3) is 0 Å². The first kappa shape index (κ1) is 8.05. The summed E-state index contributed by atoms with van der Waals surface area (Å²) in [6.07, 6.45) is 4.15. The highest BCUT2D eigenvalue weighted by molar-refractivity contribution is 5.71. The van der Waals surface area contributed by atoms with E-state index in [-0.39, 0.29) is 5.92 Å². The van der Waals surface area contributed by atoms with Gasteiger partial charge >= 0.3 is 5.97 Å². The van der Waals surface area contributed by atoms with Crippen molar-refractivity contribution in [2.45, 2.75) is 25.7 Å². The maximum absolute atomic E-state index is 10.5. The Morgan fingerprint density at radius 2 is 2.00 bits per heavy atom. The number of nitrogens with two attached hydrogens (primary N) is 1. The Bertz CT molecular complexity index is 201. The normalized spacial score (nSPS) is 45.1. The highest BCUT2D eigenvalue weighted by atomic mass is 16.4. The largest absolute Gasteiger partial charge is 0.481 e. The van der Waals surface area contributed by atoms with E-state index >= 15 is 0 Å². The average Bonchev–Trinajstić information content (AvgIpc) is 1.81. The van der Waals surface area contributed by atoms with Crippen LogP contribution in [0.1, 0.15) is 25.7 Å². The van der Waals surface area contributed by atoms with Crippen molar-refractivity contribution < 1.29 is 9.90 Å². The van der Waals surface area contributed by atoms with E-state index in [1.807, 2.05) is 0 Å². The molecule has 0 heterocycles. The van der Waals surface area contributed by atoms with Crippen LogP contribution in [0, 0.1) is 17.3 Å². The van der Waals surface area contributed by atoms with Gasteiger partial charge in [-0.2, -0.15) is 0 Å². The van der Waals surface area contributed by atoms with Crippen LogP contribution in [0.3, 0.4) is 0 Å². The molecule has 2 rings (SSSR count). The summed E-state index contributed by atoms with van der Waals surface area (Å²) in [7, 11) is 0. The second-order valence-corrected chi connectivity index (χ2v) is 4.45. The molecule has 3 nitrogen and oxygen atoms in total. The van der Waals surface area contributed by atoms with E-state index in [4.69, 9.17) is 10.8 Å². The lowest BCUT2D eigenvalue weighted by atomic mass is 9.48. The quantitative estimate of drug-likeness (QED) is 0.643. The zero-order valence-electron chi connectivity index (χ0n) is 7.12. The Morgan fingerprint density at radius 3 is 2.42 bits per heavy atom. The summed E-state index contributed by atoms with van der Waals surface area (Å²) < 4.78 is 0. The van der Waals surface area contributed by atoms with Crippen LogP contribution in [0.25, 0.3) is 0 Å². The number of rotatable bonds is 2. The molecule has 3 heteroatoms. The highest BCUT2D eigenvalue weighted by Crippen LogP contribution is 2.60. The van der Waals surface area contributed by atoms with Crippen molar-refractivity contribution >= 4 is 5.97 Å². The van der Waals surface area contributed by atoms with E-state index in [1.165, 1.54) is 12.8 Å². The van der Waals surface area contributed by atoms with Gasteiger partial charge in [0.2, 0.25) is 0 Å². The molecule has 68 valence electrons. The third-order valence-corrected chi connectivity index (χ3v) is 3.48. The van der Waals surface area contributed by atoms with Crippen LogP contribution >= 0.6 is 0 Å². The Labute approximate surface area is 71.9 Å². The molecule has 0 aromatic rings. The molecule has 0 amide bonds. The van der Waals surface area contributed by atoms with Crippen LogP contribution in [-0.2, 0) is 4.79 Å². The molecule has 2 aliphatic rings. The van der Waals surface area contributed by atoms with Crippen LogP contribution in [0.15, 0.2) is 0 Å². The lowest BCUT2D eigenvalue weighted by Gasteiger charge is -2.56. The predicted octanol–water partition coefficient (Wildman–Crippen LogP) is 0.836. The Hall–Kier alpha value is -0.570. The predicted molar refractivity (Wildman–Crippen MR) is 44.6 cm³/mol. The molecular formula is C9H15NO2. The minimum Gasteiger partial charge on any atom is -0.481 e. The average molecular weight is 169 g/mol. The van der Waals surface area contributed by atoms with Crippen molar-refractivity contribution in [3.8, 4) is 0 Å². The summed E-state index contributed by atoms with van der Waals surface area (Å²) in [5, 5.41) is 8.68. The van der Waals surface area contributed by atoms with E-state index in [9.17, 15) is 4.79 Å². The van der Waals surface area contributed by atoms with Gasteiger partial charge in [-0.3, -0.25) is 4.79 Å². The monoisotopic (exact) mass is 169 g/mol. The van der Waals surface area contributed by atoms with Crippen LogP contribution in [0.4, 0.5) is 0 Å². The topological polar surface area (TPSA) is 63.3 Å². The fourth-order valence-electron chi connectivity index (χ4n) is 2.83.